The second-order valence-corrected chi connectivity index (χ2v) is 4.91. The normalized spacial score (nSPS) is 11.1. The van der Waals surface area contributed by atoms with Crippen molar-refractivity contribution in [1.82, 2.24) is 4.72 Å². The van der Waals surface area contributed by atoms with Crippen LogP contribution in [0.5, 0.6) is 0 Å². The third kappa shape index (κ3) is 2.54. The summed E-state index contributed by atoms with van der Waals surface area (Å²) >= 11 is 0. The minimum absolute atomic E-state index is 0.0277. The highest BCUT2D eigenvalue weighted by Gasteiger charge is 2.19. The molecular formula is C11H9NO4S. The van der Waals surface area contributed by atoms with E-state index < -0.39 is 15.9 Å². The molecule has 0 bridgehead atoms. The highest BCUT2D eigenvalue weighted by atomic mass is 32.2. The van der Waals surface area contributed by atoms with Gasteiger partial charge in [0, 0.05) is 0 Å². The van der Waals surface area contributed by atoms with Crippen LogP contribution in [-0.4, -0.2) is 14.3 Å². The lowest BCUT2D eigenvalue weighted by Gasteiger charge is -2.04. The van der Waals surface area contributed by atoms with Crippen LogP contribution in [0.25, 0.3) is 0 Å². The number of hydrogen-bond donors (Lipinski definition) is 1. The fourth-order valence-electron chi connectivity index (χ4n) is 1.24. The molecule has 0 unspecified atom stereocenters. The Kier molecular flexibility index (Phi) is 2.97. The molecule has 2 aromatic rings. The van der Waals surface area contributed by atoms with Gasteiger partial charge in [0.1, 0.15) is 0 Å². The molecule has 2 rings (SSSR count). The Balaban J connectivity index is 2.22. The zero-order valence-corrected chi connectivity index (χ0v) is 9.48. The van der Waals surface area contributed by atoms with Crippen molar-refractivity contribution in [3.05, 3.63) is 54.5 Å². The van der Waals surface area contributed by atoms with Gasteiger partial charge in [-0.3, -0.25) is 4.79 Å². The summed E-state index contributed by atoms with van der Waals surface area (Å²) < 4.78 is 30.2. The fraction of sp³-hybridized carbons (Fsp3) is 0. The maximum atomic E-state index is 11.8. The van der Waals surface area contributed by atoms with Crippen LogP contribution in [0.2, 0.25) is 0 Å². The summed E-state index contributed by atoms with van der Waals surface area (Å²) in [7, 11) is -3.85. The number of benzene rings is 1. The third-order valence-corrected chi connectivity index (χ3v) is 3.37. The molecule has 0 spiro atoms. The molecule has 1 heterocycles. The van der Waals surface area contributed by atoms with Crippen molar-refractivity contribution in [2.24, 2.45) is 0 Å². The van der Waals surface area contributed by atoms with Gasteiger partial charge in [-0.15, -0.1) is 0 Å². The summed E-state index contributed by atoms with van der Waals surface area (Å²) in [6.07, 6.45) is 1.30. The van der Waals surface area contributed by atoms with Crippen molar-refractivity contribution in [3.63, 3.8) is 0 Å². The predicted octanol–water partition coefficient (Wildman–Crippen LogP) is 1.40. The quantitative estimate of drug-likeness (QED) is 0.894. The minimum Gasteiger partial charge on any atom is -0.459 e. The van der Waals surface area contributed by atoms with Crippen LogP contribution in [-0.2, 0) is 10.0 Å². The molecule has 0 saturated heterocycles. The molecule has 0 atom stereocenters. The number of carbonyl (C=O) groups excluding carboxylic acids is 1. The van der Waals surface area contributed by atoms with Crippen LogP contribution < -0.4 is 4.72 Å². The smallest absolute Gasteiger partial charge is 0.300 e. The Hall–Kier alpha value is -2.08. The van der Waals surface area contributed by atoms with Crippen molar-refractivity contribution in [2.45, 2.75) is 4.90 Å². The van der Waals surface area contributed by atoms with Crippen LogP contribution in [0.1, 0.15) is 10.6 Å². The predicted molar refractivity (Wildman–Crippen MR) is 59.8 cm³/mol. The largest absolute Gasteiger partial charge is 0.459 e. The van der Waals surface area contributed by atoms with Crippen LogP contribution in [0.3, 0.4) is 0 Å². The maximum Gasteiger partial charge on any atom is 0.300 e. The zero-order valence-electron chi connectivity index (χ0n) is 8.66. The van der Waals surface area contributed by atoms with Gasteiger partial charge in [-0.1, -0.05) is 18.2 Å². The second-order valence-electron chi connectivity index (χ2n) is 3.22. The van der Waals surface area contributed by atoms with Gasteiger partial charge in [0.2, 0.25) is 0 Å². The van der Waals surface area contributed by atoms with Crippen LogP contribution in [0.4, 0.5) is 0 Å². The van der Waals surface area contributed by atoms with E-state index in [2.05, 4.69) is 0 Å². The summed E-state index contributed by atoms with van der Waals surface area (Å²) in [6, 6.07) is 10.5. The number of furan rings is 1. The lowest BCUT2D eigenvalue weighted by Crippen LogP contribution is -2.30. The number of nitrogens with one attached hydrogen (secondary N) is 1. The summed E-state index contributed by atoms with van der Waals surface area (Å²) in [5, 5.41) is 0. The van der Waals surface area contributed by atoms with Crippen LogP contribution in [0.15, 0.2) is 58.0 Å². The van der Waals surface area contributed by atoms with Gasteiger partial charge in [-0.25, -0.2) is 13.1 Å². The van der Waals surface area contributed by atoms with E-state index in [9.17, 15) is 13.2 Å². The van der Waals surface area contributed by atoms with Crippen molar-refractivity contribution in [1.29, 1.82) is 0 Å². The first kappa shape index (κ1) is 11.4. The molecule has 1 aromatic heterocycles. The maximum absolute atomic E-state index is 11.8. The number of carbonyl (C=O) groups is 1. The molecule has 1 amide bonds. The average molecular weight is 251 g/mol. The fourth-order valence-corrected chi connectivity index (χ4v) is 2.22. The van der Waals surface area contributed by atoms with E-state index >= 15 is 0 Å². The lowest BCUT2D eigenvalue weighted by atomic mass is 10.4. The molecule has 0 saturated carbocycles. The van der Waals surface area contributed by atoms with E-state index in [1.54, 1.807) is 18.2 Å². The molecule has 0 aliphatic rings. The molecule has 5 nitrogen and oxygen atoms in total. The van der Waals surface area contributed by atoms with E-state index in [0.29, 0.717) is 0 Å². The first-order valence-corrected chi connectivity index (χ1v) is 6.23. The average Bonchev–Trinajstić information content (AvgIpc) is 2.83. The lowest BCUT2D eigenvalue weighted by molar-refractivity contribution is 0.0954. The molecule has 6 heteroatoms. The number of sulfonamides is 1. The number of hydrogen-bond acceptors (Lipinski definition) is 4. The molecular weight excluding hydrogens is 242 g/mol. The van der Waals surface area contributed by atoms with E-state index in [1.807, 2.05) is 4.72 Å². The zero-order chi connectivity index (χ0) is 12.3. The molecule has 0 aliphatic heterocycles. The van der Waals surface area contributed by atoms with Gasteiger partial charge in [0.15, 0.2) is 5.76 Å². The monoisotopic (exact) mass is 251 g/mol. The minimum atomic E-state index is -3.85. The van der Waals surface area contributed by atoms with Gasteiger partial charge < -0.3 is 4.42 Å². The Morgan fingerprint density at radius 1 is 1.06 bits per heavy atom. The number of rotatable bonds is 3. The molecule has 0 aliphatic carbocycles. The van der Waals surface area contributed by atoms with Gasteiger partial charge in [-0.05, 0) is 24.3 Å². The molecule has 0 fully saturated rings. The van der Waals surface area contributed by atoms with Crippen molar-refractivity contribution in [2.75, 3.05) is 0 Å². The number of amides is 1. The SMILES string of the molecule is O=C(NS(=O)(=O)c1ccccc1)c1ccco1. The second kappa shape index (κ2) is 4.42. The summed E-state index contributed by atoms with van der Waals surface area (Å²) in [5.41, 5.74) is 0. The van der Waals surface area contributed by atoms with Crippen molar-refractivity contribution in [3.8, 4) is 0 Å². The summed E-state index contributed by atoms with van der Waals surface area (Å²) in [5.74, 6) is -0.844. The summed E-state index contributed by atoms with van der Waals surface area (Å²) in [4.78, 5) is 11.5. The first-order valence-electron chi connectivity index (χ1n) is 4.75. The van der Waals surface area contributed by atoms with Crippen LogP contribution in [0, 0.1) is 0 Å². The van der Waals surface area contributed by atoms with E-state index in [4.69, 9.17) is 4.42 Å². The topological polar surface area (TPSA) is 76.4 Å². The van der Waals surface area contributed by atoms with Crippen LogP contribution >= 0.6 is 0 Å². The van der Waals surface area contributed by atoms with E-state index in [0.717, 1.165) is 0 Å². The Morgan fingerprint density at radius 2 is 1.76 bits per heavy atom. The Bertz CT molecular complexity index is 602. The van der Waals surface area contributed by atoms with Gasteiger partial charge in [-0.2, -0.15) is 0 Å². The highest BCUT2D eigenvalue weighted by Crippen LogP contribution is 2.08. The van der Waals surface area contributed by atoms with E-state index in [-0.39, 0.29) is 10.7 Å². The molecule has 1 N–H and O–H groups in total. The molecule has 88 valence electrons. The third-order valence-electron chi connectivity index (χ3n) is 2.03. The standard InChI is InChI=1S/C11H9NO4S/c13-11(10-7-4-8-16-10)12-17(14,15)9-5-2-1-3-6-9/h1-8H,(H,12,13). The molecule has 1 aromatic carbocycles. The van der Waals surface area contributed by atoms with Gasteiger partial charge >= 0.3 is 5.91 Å². The van der Waals surface area contributed by atoms with Crippen molar-refractivity contribution < 1.29 is 17.6 Å². The van der Waals surface area contributed by atoms with Gasteiger partial charge in [0.25, 0.3) is 10.0 Å². The Morgan fingerprint density at radius 3 is 2.35 bits per heavy atom. The molecule has 0 radical (unpaired) electrons. The first-order chi connectivity index (χ1) is 8.09. The van der Waals surface area contributed by atoms with Crippen molar-refractivity contribution >= 4 is 15.9 Å². The van der Waals surface area contributed by atoms with Gasteiger partial charge in [0.05, 0.1) is 11.2 Å². The molecule has 17 heavy (non-hydrogen) atoms. The summed E-state index contributed by atoms with van der Waals surface area (Å²) in [6.45, 7) is 0. The van der Waals surface area contributed by atoms with E-state index in [1.165, 1.54) is 30.5 Å². The highest BCUT2D eigenvalue weighted by molar-refractivity contribution is 7.90. The Labute approximate surface area is 98.1 Å².